The van der Waals surface area contributed by atoms with Crippen molar-refractivity contribution in [1.29, 1.82) is 0 Å². The molecule has 1 aliphatic rings. The van der Waals surface area contributed by atoms with Crippen molar-refractivity contribution in [2.75, 3.05) is 20.8 Å². The van der Waals surface area contributed by atoms with E-state index in [9.17, 15) is 9.59 Å². The van der Waals surface area contributed by atoms with Gasteiger partial charge < -0.3 is 9.47 Å². The molecular formula is C22H27NO4. The zero-order valence-corrected chi connectivity index (χ0v) is 16.3. The highest BCUT2D eigenvalue weighted by Gasteiger charge is 2.32. The van der Waals surface area contributed by atoms with E-state index in [0.29, 0.717) is 40.0 Å². The third-order valence-corrected chi connectivity index (χ3v) is 5.13. The number of methoxy groups -OCH3 is 1. The van der Waals surface area contributed by atoms with Gasteiger partial charge in [-0.05, 0) is 30.7 Å². The Morgan fingerprint density at radius 3 is 2.04 bits per heavy atom. The molecule has 0 atom stereocenters. The van der Waals surface area contributed by atoms with E-state index in [1.807, 2.05) is 6.07 Å². The highest BCUT2D eigenvalue weighted by atomic mass is 16.5. The topological polar surface area (TPSA) is 55.8 Å². The zero-order valence-electron chi connectivity index (χ0n) is 16.3. The molecule has 0 unspecified atom stereocenters. The Kier molecular flexibility index (Phi) is 5.99. The average molecular weight is 369 g/mol. The van der Waals surface area contributed by atoms with E-state index in [2.05, 4.69) is 6.92 Å². The monoisotopic (exact) mass is 369 g/mol. The molecule has 27 heavy (non-hydrogen) atoms. The van der Waals surface area contributed by atoms with Gasteiger partial charge in [0.2, 0.25) is 0 Å². The van der Waals surface area contributed by atoms with Gasteiger partial charge in [-0.25, -0.2) is 0 Å². The molecule has 0 saturated carbocycles. The fourth-order valence-corrected chi connectivity index (χ4v) is 3.60. The van der Waals surface area contributed by atoms with E-state index in [4.69, 9.17) is 9.47 Å². The molecule has 1 aliphatic heterocycles. The number of nitrogens with zero attached hydrogens (tertiary/aromatic N) is 1. The van der Waals surface area contributed by atoms with Crippen molar-refractivity contribution in [3.05, 3.63) is 35.4 Å². The second kappa shape index (κ2) is 8.42. The van der Waals surface area contributed by atoms with Crippen LogP contribution in [-0.2, 0) is 0 Å². The van der Waals surface area contributed by atoms with Crippen LogP contribution in [0.4, 0.5) is 0 Å². The van der Waals surface area contributed by atoms with Crippen molar-refractivity contribution >= 4 is 22.6 Å². The van der Waals surface area contributed by atoms with Crippen LogP contribution in [0.3, 0.4) is 0 Å². The van der Waals surface area contributed by atoms with Crippen LogP contribution in [0.2, 0.25) is 0 Å². The lowest BCUT2D eigenvalue weighted by atomic mass is 9.93. The molecule has 144 valence electrons. The van der Waals surface area contributed by atoms with Crippen LogP contribution in [-0.4, -0.2) is 37.5 Å². The van der Waals surface area contributed by atoms with Crippen LogP contribution in [0.15, 0.2) is 24.3 Å². The molecule has 0 aromatic heterocycles. The Bertz CT molecular complexity index is 837. The number of rotatable bonds is 9. The van der Waals surface area contributed by atoms with Gasteiger partial charge in [0.1, 0.15) is 11.5 Å². The Labute approximate surface area is 160 Å². The van der Waals surface area contributed by atoms with Crippen LogP contribution in [0.25, 0.3) is 10.8 Å². The largest absolute Gasteiger partial charge is 0.496 e. The van der Waals surface area contributed by atoms with Crippen molar-refractivity contribution in [3.8, 4) is 11.5 Å². The minimum Gasteiger partial charge on any atom is -0.496 e. The average Bonchev–Trinajstić information content (AvgIpc) is 2.69. The van der Waals surface area contributed by atoms with Crippen LogP contribution >= 0.6 is 0 Å². The van der Waals surface area contributed by atoms with Gasteiger partial charge in [0, 0.05) is 23.6 Å². The van der Waals surface area contributed by atoms with E-state index in [1.54, 1.807) is 25.3 Å². The molecule has 0 radical (unpaired) electrons. The van der Waals surface area contributed by atoms with Crippen molar-refractivity contribution in [2.24, 2.45) is 0 Å². The van der Waals surface area contributed by atoms with E-state index < -0.39 is 0 Å². The SMILES string of the molecule is CCCCCCCCOc1ccc2c3c(ccc(OC)c13)C(=O)N(C)C2=O. The first-order valence-corrected chi connectivity index (χ1v) is 9.69. The predicted octanol–water partition coefficient (Wildman–Crippen LogP) is 4.81. The van der Waals surface area contributed by atoms with Gasteiger partial charge in [-0.15, -0.1) is 0 Å². The fraction of sp³-hybridized carbons (Fsp3) is 0.455. The van der Waals surface area contributed by atoms with Crippen LogP contribution in [0.1, 0.15) is 66.2 Å². The first-order chi connectivity index (χ1) is 13.1. The molecule has 0 N–H and O–H groups in total. The third kappa shape index (κ3) is 3.64. The highest BCUT2D eigenvalue weighted by molar-refractivity contribution is 6.26. The number of imide groups is 1. The molecule has 3 rings (SSSR count). The molecule has 2 aromatic rings. The molecule has 0 aliphatic carbocycles. The Balaban J connectivity index is 1.88. The maximum Gasteiger partial charge on any atom is 0.261 e. The fourth-order valence-electron chi connectivity index (χ4n) is 3.60. The van der Waals surface area contributed by atoms with Gasteiger partial charge in [-0.2, -0.15) is 0 Å². The van der Waals surface area contributed by atoms with Gasteiger partial charge in [0.15, 0.2) is 0 Å². The lowest BCUT2D eigenvalue weighted by Gasteiger charge is -2.25. The van der Waals surface area contributed by atoms with Crippen LogP contribution in [0.5, 0.6) is 11.5 Å². The third-order valence-electron chi connectivity index (χ3n) is 5.13. The summed E-state index contributed by atoms with van der Waals surface area (Å²) in [6.07, 6.45) is 7.13. The first kappa shape index (κ1) is 19.2. The van der Waals surface area contributed by atoms with Gasteiger partial charge >= 0.3 is 0 Å². The van der Waals surface area contributed by atoms with E-state index in [-0.39, 0.29) is 11.8 Å². The lowest BCUT2D eigenvalue weighted by Crippen LogP contribution is -2.36. The molecule has 2 aromatic carbocycles. The number of benzene rings is 2. The standard InChI is InChI=1S/C22H27NO4/c1-4-5-6-7-8-9-14-27-18-13-11-16-19-15(21(24)23(2)22(16)25)10-12-17(26-3)20(18)19/h10-13H,4-9,14H2,1-3H3. The maximum atomic E-state index is 12.5. The quantitative estimate of drug-likeness (QED) is 0.470. The summed E-state index contributed by atoms with van der Waals surface area (Å²) in [6.45, 7) is 2.82. The highest BCUT2D eigenvalue weighted by Crippen LogP contribution is 2.40. The van der Waals surface area contributed by atoms with Gasteiger partial charge in [-0.3, -0.25) is 14.5 Å². The molecular weight excluding hydrogens is 342 g/mol. The number of amides is 2. The second-order valence-electron chi connectivity index (χ2n) is 6.96. The Morgan fingerprint density at radius 2 is 1.41 bits per heavy atom. The number of hydrogen-bond donors (Lipinski definition) is 0. The Morgan fingerprint density at radius 1 is 0.815 bits per heavy atom. The van der Waals surface area contributed by atoms with Gasteiger partial charge in [-0.1, -0.05) is 39.0 Å². The Hall–Kier alpha value is -2.56. The molecule has 1 heterocycles. The summed E-state index contributed by atoms with van der Waals surface area (Å²) in [6, 6.07) is 7.03. The minimum atomic E-state index is -0.298. The number of unbranched alkanes of at least 4 members (excludes halogenated alkanes) is 5. The zero-order chi connectivity index (χ0) is 19.4. The van der Waals surface area contributed by atoms with E-state index in [1.165, 1.54) is 32.7 Å². The van der Waals surface area contributed by atoms with Gasteiger partial charge in [0.05, 0.1) is 19.1 Å². The minimum absolute atomic E-state index is 0.298. The number of carbonyl (C=O) groups is 2. The number of hydrogen-bond acceptors (Lipinski definition) is 4. The molecule has 5 nitrogen and oxygen atoms in total. The molecule has 0 saturated heterocycles. The lowest BCUT2D eigenvalue weighted by molar-refractivity contribution is 0.0650. The summed E-state index contributed by atoms with van der Waals surface area (Å²) in [4.78, 5) is 26.2. The molecule has 0 bridgehead atoms. The van der Waals surface area contributed by atoms with Crippen molar-refractivity contribution < 1.29 is 19.1 Å². The summed E-state index contributed by atoms with van der Waals surface area (Å²) >= 11 is 0. The predicted molar refractivity (Wildman–Crippen MR) is 106 cm³/mol. The summed E-state index contributed by atoms with van der Waals surface area (Å²) < 4.78 is 11.5. The smallest absolute Gasteiger partial charge is 0.261 e. The number of carbonyl (C=O) groups excluding carboxylic acids is 2. The summed E-state index contributed by atoms with van der Waals surface area (Å²) in [5.74, 6) is 0.673. The van der Waals surface area contributed by atoms with Crippen molar-refractivity contribution in [2.45, 2.75) is 45.4 Å². The number of ether oxygens (including phenoxy) is 2. The maximum absolute atomic E-state index is 12.5. The second-order valence-corrected chi connectivity index (χ2v) is 6.96. The first-order valence-electron chi connectivity index (χ1n) is 9.69. The molecule has 0 spiro atoms. The van der Waals surface area contributed by atoms with Gasteiger partial charge in [0.25, 0.3) is 11.8 Å². The van der Waals surface area contributed by atoms with Crippen molar-refractivity contribution in [3.63, 3.8) is 0 Å². The molecule has 2 amide bonds. The van der Waals surface area contributed by atoms with E-state index >= 15 is 0 Å². The van der Waals surface area contributed by atoms with Crippen LogP contribution in [0, 0.1) is 0 Å². The summed E-state index contributed by atoms with van der Waals surface area (Å²) in [7, 11) is 3.09. The van der Waals surface area contributed by atoms with Crippen LogP contribution < -0.4 is 9.47 Å². The molecule has 0 fully saturated rings. The normalized spacial score (nSPS) is 13.4. The van der Waals surface area contributed by atoms with Crippen molar-refractivity contribution in [1.82, 2.24) is 4.90 Å². The molecule has 5 heteroatoms. The summed E-state index contributed by atoms with van der Waals surface area (Å²) in [5.41, 5.74) is 1.01. The van der Waals surface area contributed by atoms with E-state index in [0.717, 1.165) is 17.7 Å². The summed E-state index contributed by atoms with van der Waals surface area (Å²) in [5, 5.41) is 1.33.